The fraction of sp³-hybridized carbons (Fsp3) is 0.611. The normalized spacial score (nSPS) is 26.4. The van der Waals surface area contributed by atoms with Crippen LogP contribution in [0.5, 0.6) is 0 Å². The SMILES string of the molecule is O=C(C1CC12CCS(=O)(=O)CC2)N1CCCc2c1cccc2C(F)(F)F. The first-order valence-electron chi connectivity index (χ1n) is 8.84. The first-order chi connectivity index (χ1) is 12.1. The van der Waals surface area contributed by atoms with Crippen molar-refractivity contribution in [3.8, 4) is 0 Å². The van der Waals surface area contributed by atoms with E-state index in [1.165, 1.54) is 11.0 Å². The summed E-state index contributed by atoms with van der Waals surface area (Å²) >= 11 is 0. The molecule has 1 unspecified atom stereocenters. The van der Waals surface area contributed by atoms with Crippen molar-refractivity contribution < 1.29 is 26.4 Å². The van der Waals surface area contributed by atoms with Crippen molar-refractivity contribution in [2.75, 3.05) is 23.0 Å². The van der Waals surface area contributed by atoms with Crippen LogP contribution in [0, 0.1) is 11.3 Å². The van der Waals surface area contributed by atoms with Gasteiger partial charge in [-0.1, -0.05) is 6.07 Å². The van der Waals surface area contributed by atoms with Crippen molar-refractivity contribution in [1.29, 1.82) is 0 Å². The van der Waals surface area contributed by atoms with Crippen LogP contribution < -0.4 is 4.90 Å². The Labute approximate surface area is 150 Å². The maximum atomic E-state index is 13.3. The van der Waals surface area contributed by atoms with E-state index in [4.69, 9.17) is 0 Å². The summed E-state index contributed by atoms with van der Waals surface area (Å²) in [5.41, 5.74) is -0.370. The summed E-state index contributed by atoms with van der Waals surface area (Å²) in [6.07, 6.45) is -2.02. The molecule has 3 aliphatic rings. The quantitative estimate of drug-likeness (QED) is 0.744. The molecule has 1 spiro atoms. The molecule has 0 N–H and O–H groups in total. The topological polar surface area (TPSA) is 54.5 Å². The largest absolute Gasteiger partial charge is 0.416 e. The second-order valence-electron chi connectivity index (χ2n) is 7.67. The van der Waals surface area contributed by atoms with E-state index in [1.54, 1.807) is 6.07 Å². The van der Waals surface area contributed by atoms with E-state index in [0.29, 0.717) is 44.3 Å². The second kappa shape index (κ2) is 5.71. The lowest BCUT2D eigenvalue weighted by Gasteiger charge is -2.32. The number of hydrogen-bond donors (Lipinski definition) is 0. The minimum Gasteiger partial charge on any atom is -0.312 e. The van der Waals surface area contributed by atoms with E-state index >= 15 is 0 Å². The number of hydrogen-bond acceptors (Lipinski definition) is 3. The van der Waals surface area contributed by atoms with E-state index < -0.39 is 21.6 Å². The van der Waals surface area contributed by atoms with Gasteiger partial charge in [-0.25, -0.2) is 8.42 Å². The zero-order valence-electron chi connectivity index (χ0n) is 14.2. The Hall–Kier alpha value is -1.57. The maximum absolute atomic E-state index is 13.3. The number of nitrogens with zero attached hydrogens (tertiary/aromatic N) is 1. The highest BCUT2D eigenvalue weighted by Gasteiger charge is 2.60. The van der Waals surface area contributed by atoms with Gasteiger partial charge in [-0.15, -0.1) is 0 Å². The lowest BCUT2D eigenvalue weighted by Crippen LogP contribution is -2.39. The Morgan fingerprint density at radius 1 is 1.19 bits per heavy atom. The standard InChI is InChI=1S/C18H20F3NO3S/c19-18(20,21)13-4-1-5-15-12(13)3-2-8-22(15)16(23)14-11-17(14)6-9-26(24,25)10-7-17/h1,4-5,14H,2-3,6-11H2. The molecule has 0 radical (unpaired) electrons. The highest BCUT2D eigenvalue weighted by molar-refractivity contribution is 7.91. The highest BCUT2D eigenvalue weighted by Crippen LogP contribution is 2.60. The number of sulfone groups is 1. The number of anilines is 1. The summed E-state index contributed by atoms with van der Waals surface area (Å²) in [5.74, 6) is -0.208. The lowest BCUT2D eigenvalue weighted by molar-refractivity contribution is -0.138. The number of alkyl halides is 3. The summed E-state index contributed by atoms with van der Waals surface area (Å²) in [7, 11) is -3.01. The van der Waals surface area contributed by atoms with E-state index in [9.17, 15) is 26.4 Å². The van der Waals surface area contributed by atoms with E-state index in [-0.39, 0.29) is 34.3 Å². The van der Waals surface area contributed by atoms with Gasteiger partial charge in [0, 0.05) is 18.2 Å². The molecule has 2 aliphatic heterocycles. The van der Waals surface area contributed by atoms with Gasteiger partial charge in [-0.2, -0.15) is 13.2 Å². The predicted octanol–water partition coefficient (Wildman–Crippen LogP) is 3.20. The number of amides is 1. The third-order valence-electron chi connectivity index (χ3n) is 6.13. The molecular weight excluding hydrogens is 367 g/mol. The van der Waals surface area contributed by atoms with Gasteiger partial charge in [0.25, 0.3) is 0 Å². The van der Waals surface area contributed by atoms with Crippen molar-refractivity contribution in [2.45, 2.75) is 38.3 Å². The summed E-state index contributed by atoms with van der Waals surface area (Å²) in [4.78, 5) is 14.5. The molecule has 142 valence electrons. The van der Waals surface area contributed by atoms with Crippen LogP contribution in [-0.4, -0.2) is 32.4 Å². The van der Waals surface area contributed by atoms with Crippen molar-refractivity contribution in [2.24, 2.45) is 11.3 Å². The minimum atomic E-state index is -4.43. The van der Waals surface area contributed by atoms with Crippen molar-refractivity contribution in [3.05, 3.63) is 29.3 Å². The molecule has 1 aliphatic carbocycles. The number of benzene rings is 1. The molecule has 0 bridgehead atoms. The molecule has 1 saturated carbocycles. The number of halogens is 3. The summed E-state index contributed by atoms with van der Waals surface area (Å²) in [6, 6.07) is 4.00. The average Bonchev–Trinajstić information content (AvgIpc) is 3.30. The third-order valence-corrected chi connectivity index (χ3v) is 7.78. The Morgan fingerprint density at radius 3 is 2.54 bits per heavy atom. The molecule has 1 saturated heterocycles. The van der Waals surface area contributed by atoms with Crippen LogP contribution in [0.15, 0.2) is 18.2 Å². The Kier molecular flexibility index (Phi) is 3.92. The van der Waals surface area contributed by atoms with E-state index in [1.807, 2.05) is 0 Å². The van der Waals surface area contributed by atoms with Crippen molar-refractivity contribution in [3.63, 3.8) is 0 Å². The third kappa shape index (κ3) is 2.92. The first-order valence-corrected chi connectivity index (χ1v) is 10.7. The first kappa shape index (κ1) is 17.8. The zero-order valence-corrected chi connectivity index (χ0v) is 15.0. The molecule has 2 fully saturated rings. The van der Waals surface area contributed by atoms with Gasteiger partial charge in [0.2, 0.25) is 5.91 Å². The fourth-order valence-electron chi connectivity index (χ4n) is 4.50. The maximum Gasteiger partial charge on any atom is 0.416 e. The highest BCUT2D eigenvalue weighted by atomic mass is 32.2. The van der Waals surface area contributed by atoms with E-state index in [0.717, 1.165) is 6.07 Å². The number of carbonyl (C=O) groups is 1. The Morgan fingerprint density at radius 2 is 1.88 bits per heavy atom. The van der Waals surface area contributed by atoms with Crippen LogP contribution in [0.1, 0.15) is 36.8 Å². The van der Waals surface area contributed by atoms with Crippen LogP contribution in [0.25, 0.3) is 0 Å². The van der Waals surface area contributed by atoms with Crippen LogP contribution in [-0.2, 0) is 27.2 Å². The molecule has 1 atom stereocenters. The molecular formula is C18H20F3NO3S. The molecule has 26 heavy (non-hydrogen) atoms. The van der Waals surface area contributed by atoms with Gasteiger partial charge >= 0.3 is 6.18 Å². The number of rotatable bonds is 1. The van der Waals surface area contributed by atoms with Crippen molar-refractivity contribution >= 4 is 21.4 Å². The van der Waals surface area contributed by atoms with Gasteiger partial charge in [-0.3, -0.25) is 4.79 Å². The molecule has 1 amide bonds. The molecule has 2 heterocycles. The number of carbonyl (C=O) groups excluding carboxylic acids is 1. The molecule has 4 nitrogen and oxygen atoms in total. The summed E-state index contributed by atoms with van der Waals surface area (Å²) in [6.45, 7) is 0.415. The molecule has 4 rings (SSSR count). The molecule has 1 aromatic rings. The average molecular weight is 387 g/mol. The van der Waals surface area contributed by atoms with Gasteiger partial charge in [0.15, 0.2) is 0 Å². The monoisotopic (exact) mass is 387 g/mol. The van der Waals surface area contributed by atoms with Crippen LogP contribution in [0.4, 0.5) is 18.9 Å². The van der Waals surface area contributed by atoms with Gasteiger partial charge in [0.1, 0.15) is 9.84 Å². The van der Waals surface area contributed by atoms with Gasteiger partial charge in [-0.05, 0) is 55.2 Å². The summed E-state index contributed by atoms with van der Waals surface area (Å²) < 4.78 is 63.1. The molecule has 1 aromatic carbocycles. The van der Waals surface area contributed by atoms with E-state index in [2.05, 4.69) is 0 Å². The lowest BCUT2D eigenvalue weighted by atomic mass is 9.93. The molecule has 8 heteroatoms. The fourth-order valence-corrected chi connectivity index (χ4v) is 6.14. The Balaban J connectivity index is 1.59. The van der Waals surface area contributed by atoms with Crippen molar-refractivity contribution in [1.82, 2.24) is 0 Å². The van der Waals surface area contributed by atoms with Gasteiger partial charge in [0.05, 0.1) is 17.1 Å². The number of fused-ring (bicyclic) bond motifs is 1. The van der Waals surface area contributed by atoms with Crippen LogP contribution in [0.2, 0.25) is 0 Å². The predicted molar refractivity (Wildman–Crippen MR) is 90.5 cm³/mol. The minimum absolute atomic E-state index is 0.103. The van der Waals surface area contributed by atoms with Crippen LogP contribution in [0.3, 0.4) is 0 Å². The zero-order chi connectivity index (χ0) is 18.7. The van der Waals surface area contributed by atoms with Gasteiger partial charge < -0.3 is 4.90 Å². The second-order valence-corrected chi connectivity index (χ2v) is 9.97. The smallest absolute Gasteiger partial charge is 0.312 e. The summed E-state index contributed by atoms with van der Waals surface area (Å²) in [5, 5.41) is 0. The Bertz CT molecular complexity index is 849. The van der Waals surface area contributed by atoms with Crippen LogP contribution >= 0.6 is 0 Å². The molecule has 0 aromatic heterocycles.